The molecule has 0 spiro atoms. The Morgan fingerprint density at radius 3 is 2.86 bits per heavy atom. The van der Waals surface area contributed by atoms with Crippen LogP contribution in [0, 0.1) is 11.8 Å². The second-order valence-corrected chi connectivity index (χ2v) is 5.80. The van der Waals surface area contributed by atoms with Crippen LogP contribution in [-0.2, 0) is 0 Å². The van der Waals surface area contributed by atoms with Gasteiger partial charge in [-0.05, 0) is 37.6 Å². The third-order valence-electron chi connectivity index (χ3n) is 3.93. The van der Waals surface area contributed by atoms with E-state index in [1.807, 2.05) is 0 Å². The average Bonchev–Trinajstić information content (AvgIpc) is 2.62. The van der Waals surface area contributed by atoms with E-state index in [0.29, 0.717) is 0 Å². The molecule has 1 nitrogen and oxygen atoms in total. The largest absolute Gasteiger partial charge is 0.300 e. The van der Waals surface area contributed by atoms with Gasteiger partial charge in [0.05, 0.1) is 0 Å². The van der Waals surface area contributed by atoms with E-state index in [9.17, 15) is 0 Å². The van der Waals surface area contributed by atoms with Crippen molar-refractivity contribution in [2.75, 3.05) is 18.4 Å². The highest BCUT2D eigenvalue weighted by Gasteiger charge is 2.35. The van der Waals surface area contributed by atoms with Crippen LogP contribution < -0.4 is 0 Å². The smallest absolute Gasteiger partial charge is 0.0124 e. The molecular formula is C12H22BrN. The molecular weight excluding hydrogens is 238 g/mol. The van der Waals surface area contributed by atoms with Gasteiger partial charge in [-0.3, -0.25) is 4.90 Å². The van der Waals surface area contributed by atoms with Crippen LogP contribution in [0.15, 0.2) is 0 Å². The van der Waals surface area contributed by atoms with Gasteiger partial charge in [-0.25, -0.2) is 0 Å². The maximum atomic E-state index is 3.58. The van der Waals surface area contributed by atoms with Crippen molar-refractivity contribution in [1.82, 2.24) is 4.90 Å². The molecule has 3 unspecified atom stereocenters. The molecule has 0 bridgehead atoms. The predicted molar refractivity (Wildman–Crippen MR) is 64.9 cm³/mol. The molecule has 3 atom stereocenters. The van der Waals surface area contributed by atoms with Gasteiger partial charge in [-0.2, -0.15) is 0 Å². The van der Waals surface area contributed by atoms with E-state index in [-0.39, 0.29) is 0 Å². The van der Waals surface area contributed by atoms with E-state index in [0.717, 1.165) is 23.2 Å². The molecule has 1 aliphatic heterocycles. The van der Waals surface area contributed by atoms with Gasteiger partial charge in [-0.1, -0.05) is 35.7 Å². The summed E-state index contributed by atoms with van der Waals surface area (Å²) in [5, 5.41) is 1.15. The standard InChI is InChI=1S/C12H22BrN/c1-10(8-13)9-14-7-6-11-4-2-3-5-12(11)14/h10-12H,2-9H2,1H3. The van der Waals surface area contributed by atoms with Gasteiger partial charge in [0, 0.05) is 17.9 Å². The Morgan fingerprint density at radius 2 is 2.07 bits per heavy atom. The van der Waals surface area contributed by atoms with Gasteiger partial charge in [-0.15, -0.1) is 0 Å². The molecule has 0 amide bonds. The van der Waals surface area contributed by atoms with Crippen LogP contribution in [0.2, 0.25) is 0 Å². The van der Waals surface area contributed by atoms with Gasteiger partial charge in [0.1, 0.15) is 0 Å². The number of halogens is 1. The number of likely N-dealkylation sites (tertiary alicyclic amines) is 1. The van der Waals surface area contributed by atoms with E-state index >= 15 is 0 Å². The highest BCUT2D eigenvalue weighted by atomic mass is 79.9. The molecule has 0 N–H and O–H groups in total. The zero-order valence-electron chi connectivity index (χ0n) is 9.21. The second kappa shape index (κ2) is 4.98. The SMILES string of the molecule is CC(CBr)CN1CCC2CCCCC21. The van der Waals surface area contributed by atoms with Crippen LogP contribution in [0.1, 0.15) is 39.0 Å². The summed E-state index contributed by atoms with van der Waals surface area (Å²) in [6.07, 6.45) is 7.41. The molecule has 1 saturated heterocycles. The summed E-state index contributed by atoms with van der Waals surface area (Å²) in [6, 6.07) is 0.949. The quantitative estimate of drug-likeness (QED) is 0.704. The molecule has 0 radical (unpaired) electrons. The fraction of sp³-hybridized carbons (Fsp3) is 1.00. The minimum Gasteiger partial charge on any atom is -0.300 e. The third kappa shape index (κ3) is 2.33. The normalized spacial score (nSPS) is 35.6. The highest BCUT2D eigenvalue weighted by Crippen LogP contribution is 2.36. The number of fused-ring (bicyclic) bond motifs is 1. The van der Waals surface area contributed by atoms with Crippen molar-refractivity contribution in [2.24, 2.45) is 11.8 Å². The first kappa shape index (κ1) is 10.9. The molecule has 0 aromatic carbocycles. The van der Waals surface area contributed by atoms with Gasteiger partial charge < -0.3 is 0 Å². The van der Waals surface area contributed by atoms with Crippen LogP contribution in [0.5, 0.6) is 0 Å². The van der Waals surface area contributed by atoms with Gasteiger partial charge >= 0.3 is 0 Å². The summed E-state index contributed by atoms with van der Waals surface area (Å²) >= 11 is 3.58. The lowest BCUT2D eigenvalue weighted by Gasteiger charge is -2.32. The highest BCUT2D eigenvalue weighted by molar-refractivity contribution is 9.09. The average molecular weight is 260 g/mol. The Kier molecular flexibility index (Phi) is 3.89. The minimum atomic E-state index is 0.815. The van der Waals surface area contributed by atoms with Crippen molar-refractivity contribution in [3.8, 4) is 0 Å². The monoisotopic (exact) mass is 259 g/mol. The summed E-state index contributed by atoms with van der Waals surface area (Å²) in [7, 11) is 0. The number of hydrogen-bond donors (Lipinski definition) is 0. The minimum absolute atomic E-state index is 0.815. The molecule has 0 aromatic rings. The molecule has 1 saturated carbocycles. The summed E-state index contributed by atoms with van der Waals surface area (Å²) in [6.45, 7) is 5.03. The maximum absolute atomic E-state index is 3.58. The van der Waals surface area contributed by atoms with Crippen LogP contribution in [0.4, 0.5) is 0 Å². The number of alkyl halides is 1. The molecule has 2 fully saturated rings. The van der Waals surface area contributed by atoms with Crippen LogP contribution in [0.3, 0.4) is 0 Å². The first-order valence-electron chi connectivity index (χ1n) is 6.11. The van der Waals surface area contributed by atoms with Crippen molar-refractivity contribution in [2.45, 2.75) is 45.1 Å². The molecule has 2 rings (SSSR count). The molecule has 0 aromatic heterocycles. The maximum Gasteiger partial charge on any atom is 0.0124 e. The predicted octanol–water partition coefficient (Wildman–Crippen LogP) is 3.28. The zero-order valence-corrected chi connectivity index (χ0v) is 10.8. The first-order valence-corrected chi connectivity index (χ1v) is 7.23. The third-order valence-corrected chi connectivity index (χ3v) is 5.04. The Hall–Kier alpha value is 0.440. The Balaban J connectivity index is 1.87. The van der Waals surface area contributed by atoms with Crippen molar-refractivity contribution in [3.05, 3.63) is 0 Å². The van der Waals surface area contributed by atoms with E-state index < -0.39 is 0 Å². The Morgan fingerprint density at radius 1 is 1.29 bits per heavy atom. The Bertz CT molecular complexity index is 183. The fourth-order valence-corrected chi connectivity index (χ4v) is 3.38. The zero-order chi connectivity index (χ0) is 9.97. The molecule has 14 heavy (non-hydrogen) atoms. The molecule has 2 aliphatic rings. The van der Waals surface area contributed by atoms with Crippen LogP contribution >= 0.6 is 15.9 Å². The molecule has 2 heteroatoms. The summed E-state index contributed by atoms with van der Waals surface area (Å²) < 4.78 is 0. The van der Waals surface area contributed by atoms with Crippen molar-refractivity contribution < 1.29 is 0 Å². The lowest BCUT2D eigenvalue weighted by Crippen LogP contribution is -2.37. The van der Waals surface area contributed by atoms with Crippen molar-refractivity contribution in [1.29, 1.82) is 0 Å². The summed E-state index contributed by atoms with van der Waals surface area (Å²) in [4.78, 5) is 2.76. The lowest BCUT2D eigenvalue weighted by atomic mass is 9.85. The van der Waals surface area contributed by atoms with Gasteiger partial charge in [0.25, 0.3) is 0 Å². The molecule has 1 heterocycles. The number of nitrogens with zero attached hydrogens (tertiary/aromatic N) is 1. The van der Waals surface area contributed by atoms with Crippen molar-refractivity contribution in [3.63, 3.8) is 0 Å². The van der Waals surface area contributed by atoms with Gasteiger partial charge in [0.15, 0.2) is 0 Å². The molecule has 82 valence electrons. The van der Waals surface area contributed by atoms with E-state index in [1.165, 1.54) is 45.2 Å². The van der Waals surface area contributed by atoms with Crippen LogP contribution in [-0.4, -0.2) is 29.4 Å². The summed E-state index contributed by atoms with van der Waals surface area (Å²) in [5.74, 6) is 1.86. The number of hydrogen-bond acceptors (Lipinski definition) is 1. The van der Waals surface area contributed by atoms with E-state index in [2.05, 4.69) is 27.8 Å². The van der Waals surface area contributed by atoms with E-state index in [1.54, 1.807) is 0 Å². The van der Waals surface area contributed by atoms with Gasteiger partial charge in [0.2, 0.25) is 0 Å². The fourth-order valence-electron chi connectivity index (χ4n) is 3.18. The van der Waals surface area contributed by atoms with Crippen molar-refractivity contribution >= 4 is 15.9 Å². The summed E-state index contributed by atoms with van der Waals surface area (Å²) in [5.41, 5.74) is 0. The second-order valence-electron chi connectivity index (χ2n) is 5.15. The number of rotatable bonds is 3. The first-order chi connectivity index (χ1) is 6.81. The topological polar surface area (TPSA) is 3.24 Å². The van der Waals surface area contributed by atoms with Crippen LogP contribution in [0.25, 0.3) is 0 Å². The lowest BCUT2D eigenvalue weighted by molar-refractivity contribution is 0.168. The molecule has 1 aliphatic carbocycles. The van der Waals surface area contributed by atoms with E-state index in [4.69, 9.17) is 0 Å². The Labute approximate surface area is 96.4 Å².